The lowest BCUT2D eigenvalue weighted by Gasteiger charge is -2.05. The van der Waals surface area contributed by atoms with Gasteiger partial charge in [0.25, 0.3) is 11.6 Å². The first-order valence-electron chi connectivity index (χ1n) is 6.19. The van der Waals surface area contributed by atoms with Gasteiger partial charge in [-0.25, -0.2) is 4.98 Å². The maximum absolute atomic E-state index is 12.4. The molecule has 0 saturated heterocycles. The van der Waals surface area contributed by atoms with Gasteiger partial charge in [0, 0.05) is 10.6 Å². The Morgan fingerprint density at radius 3 is 3.05 bits per heavy atom. The van der Waals surface area contributed by atoms with E-state index in [0.29, 0.717) is 28.9 Å². The van der Waals surface area contributed by atoms with E-state index in [2.05, 4.69) is 15.5 Å². The number of thiophene rings is 1. The number of pyridine rings is 1. The summed E-state index contributed by atoms with van der Waals surface area (Å²) in [7, 11) is 0. The predicted octanol–water partition coefficient (Wildman–Crippen LogP) is 2.83. The molecule has 20 heavy (non-hydrogen) atoms. The van der Waals surface area contributed by atoms with Crippen molar-refractivity contribution in [2.75, 3.05) is 0 Å². The van der Waals surface area contributed by atoms with Crippen molar-refractivity contribution in [2.45, 2.75) is 20.4 Å². The Hall–Kier alpha value is -2.21. The largest absolute Gasteiger partial charge is 0.347 e. The smallest absolute Gasteiger partial charge is 0.258 e. The lowest BCUT2D eigenvalue weighted by Crippen LogP contribution is -2.22. The molecule has 0 fully saturated rings. The average molecular weight is 287 g/mol. The molecule has 0 aliphatic heterocycles. The summed E-state index contributed by atoms with van der Waals surface area (Å²) in [6.45, 7) is 4.15. The normalized spacial score (nSPS) is 10.9. The zero-order chi connectivity index (χ0) is 14.1. The average Bonchev–Trinajstić information content (AvgIpc) is 3.05. The molecule has 3 rings (SSSR count). The number of hydrogen-bond acceptors (Lipinski definition) is 5. The fraction of sp³-hybridized carbons (Fsp3) is 0.214. The number of aryl methyl sites for hydroxylation is 2. The summed E-state index contributed by atoms with van der Waals surface area (Å²) in [5.74, 6) is -0.139. The van der Waals surface area contributed by atoms with E-state index in [1.54, 1.807) is 24.3 Å². The van der Waals surface area contributed by atoms with Gasteiger partial charge < -0.3 is 9.84 Å². The molecule has 0 aliphatic carbocycles. The van der Waals surface area contributed by atoms with Gasteiger partial charge in [0.05, 0.1) is 23.2 Å². The van der Waals surface area contributed by atoms with Crippen LogP contribution in [0, 0.1) is 13.8 Å². The number of carbonyl (C=O) groups excluding carboxylic acids is 1. The summed E-state index contributed by atoms with van der Waals surface area (Å²) < 4.78 is 5.13. The van der Waals surface area contributed by atoms with Crippen molar-refractivity contribution in [3.8, 4) is 0 Å². The van der Waals surface area contributed by atoms with Crippen LogP contribution in [0.3, 0.4) is 0 Å². The van der Waals surface area contributed by atoms with Gasteiger partial charge in [0.15, 0.2) is 0 Å². The van der Waals surface area contributed by atoms with Crippen LogP contribution in [0.4, 0.5) is 0 Å². The zero-order valence-corrected chi connectivity index (χ0v) is 12.0. The van der Waals surface area contributed by atoms with Crippen molar-refractivity contribution in [1.29, 1.82) is 0 Å². The zero-order valence-electron chi connectivity index (χ0n) is 11.1. The second kappa shape index (κ2) is 5.05. The third-order valence-electron chi connectivity index (χ3n) is 2.99. The number of nitrogens with one attached hydrogen (secondary N) is 1. The Morgan fingerprint density at radius 1 is 1.45 bits per heavy atom. The van der Waals surface area contributed by atoms with Crippen LogP contribution in [0.5, 0.6) is 0 Å². The van der Waals surface area contributed by atoms with E-state index >= 15 is 0 Å². The maximum Gasteiger partial charge on any atom is 0.258 e. The number of fused-ring (bicyclic) bond motifs is 1. The number of rotatable bonds is 3. The third-order valence-corrected chi connectivity index (χ3v) is 3.87. The number of hydrogen-bond donors (Lipinski definition) is 1. The molecule has 3 heterocycles. The van der Waals surface area contributed by atoms with E-state index in [4.69, 9.17) is 4.52 Å². The molecule has 3 aromatic rings. The van der Waals surface area contributed by atoms with Crippen molar-refractivity contribution in [2.24, 2.45) is 0 Å². The maximum atomic E-state index is 12.4. The van der Waals surface area contributed by atoms with Crippen molar-refractivity contribution >= 4 is 28.3 Å². The predicted molar refractivity (Wildman–Crippen MR) is 76.8 cm³/mol. The molecule has 6 heteroatoms. The highest BCUT2D eigenvalue weighted by Gasteiger charge is 2.17. The molecule has 0 saturated carbocycles. The van der Waals surface area contributed by atoms with Crippen LogP contribution >= 0.6 is 11.3 Å². The first-order valence-corrected chi connectivity index (χ1v) is 7.07. The fourth-order valence-electron chi connectivity index (χ4n) is 2.07. The van der Waals surface area contributed by atoms with Crippen molar-refractivity contribution in [3.63, 3.8) is 0 Å². The minimum Gasteiger partial charge on any atom is -0.347 e. The van der Waals surface area contributed by atoms with Crippen molar-refractivity contribution < 1.29 is 9.32 Å². The molecule has 102 valence electrons. The molecule has 0 aromatic carbocycles. The SMILES string of the molecule is Cc1cc(C(=O)NCc2cccs2)c2c(C)noc2n1. The monoisotopic (exact) mass is 287 g/mol. The molecule has 3 aromatic heterocycles. The van der Waals surface area contributed by atoms with Crippen LogP contribution < -0.4 is 5.32 Å². The van der Waals surface area contributed by atoms with E-state index < -0.39 is 0 Å². The van der Waals surface area contributed by atoms with Gasteiger partial charge in [0.2, 0.25) is 0 Å². The Bertz CT molecular complexity index is 762. The topological polar surface area (TPSA) is 68.0 Å². The van der Waals surface area contributed by atoms with Crippen LogP contribution in [0.2, 0.25) is 0 Å². The second-order valence-electron chi connectivity index (χ2n) is 4.52. The summed E-state index contributed by atoms with van der Waals surface area (Å²) in [6, 6.07) is 5.71. The number of amides is 1. The molecule has 0 unspecified atom stereocenters. The number of nitrogens with zero attached hydrogens (tertiary/aromatic N) is 2. The summed E-state index contributed by atoms with van der Waals surface area (Å²) >= 11 is 1.61. The molecule has 0 spiro atoms. The van der Waals surface area contributed by atoms with Crippen LogP contribution in [-0.2, 0) is 6.54 Å². The van der Waals surface area contributed by atoms with Gasteiger partial charge >= 0.3 is 0 Å². The van der Waals surface area contributed by atoms with Crippen molar-refractivity contribution in [1.82, 2.24) is 15.5 Å². The second-order valence-corrected chi connectivity index (χ2v) is 5.55. The van der Waals surface area contributed by atoms with Gasteiger partial charge in [0.1, 0.15) is 0 Å². The lowest BCUT2D eigenvalue weighted by molar-refractivity contribution is 0.0952. The molecule has 5 nitrogen and oxygen atoms in total. The molecule has 0 bridgehead atoms. The third kappa shape index (κ3) is 2.30. The molecule has 0 radical (unpaired) electrons. The molecule has 1 N–H and O–H groups in total. The highest BCUT2D eigenvalue weighted by Crippen LogP contribution is 2.22. The van der Waals surface area contributed by atoms with E-state index in [1.807, 2.05) is 24.4 Å². The summed E-state index contributed by atoms with van der Waals surface area (Å²) in [6.07, 6.45) is 0. The van der Waals surface area contributed by atoms with Crippen molar-refractivity contribution in [3.05, 3.63) is 45.4 Å². The van der Waals surface area contributed by atoms with Crippen LogP contribution in [0.15, 0.2) is 28.1 Å². The molecule has 0 atom stereocenters. The van der Waals surface area contributed by atoms with Gasteiger partial charge in [-0.15, -0.1) is 11.3 Å². The molecular weight excluding hydrogens is 274 g/mol. The summed E-state index contributed by atoms with van der Waals surface area (Å²) in [4.78, 5) is 17.7. The lowest BCUT2D eigenvalue weighted by atomic mass is 10.1. The Labute approximate surface area is 119 Å². The van der Waals surface area contributed by atoms with E-state index in [9.17, 15) is 4.79 Å². The highest BCUT2D eigenvalue weighted by atomic mass is 32.1. The molecule has 1 amide bonds. The van der Waals surface area contributed by atoms with Gasteiger partial charge in [-0.2, -0.15) is 0 Å². The van der Waals surface area contributed by atoms with Crippen LogP contribution in [0.25, 0.3) is 11.1 Å². The molecular formula is C14H13N3O2S. The van der Waals surface area contributed by atoms with E-state index in [-0.39, 0.29) is 5.91 Å². The van der Waals surface area contributed by atoms with E-state index in [1.165, 1.54) is 0 Å². The van der Waals surface area contributed by atoms with Gasteiger partial charge in [-0.05, 0) is 31.4 Å². The minimum absolute atomic E-state index is 0.139. The summed E-state index contributed by atoms with van der Waals surface area (Å²) in [5.41, 5.74) is 2.37. The Kier molecular flexibility index (Phi) is 3.23. The first kappa shape index (κ1) is 12.8. The molecule has 0 aliphatic rings. The standard InChI is InChI=1S/C14H13N3O2S/c1-8-6-11(12-9(2)17-19-14(12)16-8)13(18)15-7-10-4-3-5-20-10/h3-6H,7H2,1-2H3,(H,15,18). The Balaban J connectivity index is 1.92. The first-order chi connectivity index (χ1) is 9.65. The van der Waals surface area contributed by atoms with Crippen LogP contribution in [-0.4, -0.2) is 16.0 Å². The summed E-state index contributed by atoms with van der Waals surface area (Å²) in [5, 5.41) is 9.45. The fourth-order valence-corrected chi connectivity index (χ4v) is 2.72. The minimum atomic E-state index is -0.139. The van der Waals surface area contributed by atoms with Gasteiger partial charge in [-0.1, -0.05) is 11.2 Å². The van der Waals surface area contributed by atoms with Gasteiger partial charge in [-0.3, -0.25) is 4.79 Å². The Morgan fingerprint density at radius 2 is 2.30 bits per heavy atom. The number of aromatic nitrogens is 2. The highest BCUT2D eigenvalue weighted by molar-refractivity contribution is 7.09. The quantitative estimate of drug-likeness (QED) is 0.804. The van der Waals surface area contributed by atoms with Crippen LogP contribution in [0.1, 0.15) is 26.6 Å². The number of carbonyl (C=O) groups is 1. The van der Waals surface area contributed by atoms with E-state index in [0.717, 1.165) is 10.6 Å².